The van der Waals surface area contributed by atoms with E-state index in [0.717, 1.165) is 38.4 Å². The molecule has 2 aromatic carbocycles. The number of benzene rings is 2. The Morgan fingerprint density at radius 1 is 1.09 bits per heavy atom. The van der Waals surface area contributed by atoms with Gasteiger partial charge in [-0.25, -0.2) is 13.4 Å². The number of piperazine rings is 1. The van der Waals surface area contributed by atoms with Gasteiger partial charge in [-0.1, -0.05) is 30.7 Å². The van der Waals surface area contributed by atoms with E-state index in [1.807, 2.05) is 6.07 Å². The van der Waals surface area contributed by atoms with Gasteiger partial charge >= 0.3 is 0 Å². The third-order valence-corrected chi connectivity index (χ3v) is 9.86. The van der Waals surface area contributed by atoms with Gasteiger partial charge in [0.05, 0.1) is 46.2 Å². The Balaban J connectivity index is 1.67. The van der Waals surface area contributed by atoms with E-state index < -0.39 is 15.1 Å². The van der Waals surface area contributed by atoms with E-state index in [-0.39, 0.29) is 34.0 Å². The number of hydrogen-bond acceptors (Lipinski definition) is 11. The van der Waals surface area contributed by atoms with Crippen LogP contribution in [0.3, 0.4) is 0 Å². The zero-order chi connectivity index (χ0) is 31.1. The summed E-state index contributed by atoms with van der Waals surface area (Å²) in [6.45, 7) is 9.84. The van der Waals surface area contributed by atoms with Crippen LogP contribution < -0.4 is 25.6 Å². The van der Waals surface area contributed by atoms with E-state index in [2.05, 4.69) is 55.3 Å². The van der Waals surface area contributed by atoms with Crippen molar-refractivity contribution in [3.05, 3.63) is 47.6 Å². The molecule has 1 aliphatic heterocycles. The summed E-state index contributed by atoms with van der Waals surface area (Å²) >= 11 is 10.6. The van der Waals surface area contributed by atoms with Crippen molar-refractivity contribution < 1.29 is 17.9 Å². The highest BCUT2D eigenvalue weighted by molar-refractivity contribution is 7.92. The maximum Gasteiger partial charge on any atom is 0.229 e. The summed E-state index contributed by atoms with van der Waals surface area (Å²) in [5.74, 6) is 1.21. The summed E-state index contributed by atoms with van der Waals surface area (Å²) in [5, 5.41) is 8.85. The normalized spacial score (nSPS) is 14.1. The van der Waals surface area contributed by atoms with Crippen molar-refractivity contribution in [2.45, 2.75) is 37.3 Å². The number of anilines is 6. The molecule has 1 fully saturated rings. The topological polar surface area (TPSA) is 129 Å². The second-order valence-corrected chi connectivity index (χ2v) is 13.6. The van der Waals surface area contributed by atoms with Crippen LogP contribution >= 0.6 is 24.2 Å². The lowest BCUT2D eigenvalue weighted by atomic mass is 10.1. The Bertz CT molecular complexity index is 1550. The third-order valence-electron chi connectivity index (χ3n) is 7.15. The number of sulfone groups is 1. The number of likely N-dealkylation sites (N-methyl/N-ethyl adjacent to an activating group) is 1. The lowest BCUT2D eigenvalue weighted by molar-refractivity contribution is -0.115. The van der Waals surface area contributed by atoms with Crippen molar-refractivity contribution in [2.75, 3.05) is 66.4 Å². The van der Waals surface area contributed by atoms with E-state index in [0.29, 0.717) is 28.6 Å². The average Bonchev–Trinajstić information content (AvgIpc) is 2.99. The van der Waals surface area contributed by atoms with Crippen molar-refractivity contribution in [3.63, 3.8) is 0 Å². The van der Waals surface area contributed by atoms with Gasteiger partial charge in [0, 0.05) is 38.7 Å². The zero-order valence-corrected chi connectivity index (χ0v) is 27.2. The Kier molecular flexibility index (Phi) is 11.0. The van der Waals surface area contributed by atoms with Gasteiger partial charge < -0.3 is 30.5 Å². The fraction of sp³-hybridized carbons (Fsp3) is 0.414. The Hall–Kier alpha value is -3.26. The number of rotatable bonds is 12. The first-order chi connectivity index (χ1) is 20.6. The molecule has 2 heterocycles. The van der Waals surface area contributed by atoms with Gasteiger partial charge in [0.1, 0.15) is 10.8 Å². The van der Waals surface area contributed by atoms with Crippen molar-refractivity contribution in [1.29, 1.82) is 0 Å². The molecular formula is C29H38ClN7O4S2. The molecule has 0 unspecified atom stereocenters. The molecule has 0 spiro atoms. The highest BCUT2D eigenvalue weighted by atomic mass is 35.5. The van der Waals surface area contributed by atoms with Gasteiger partial charge in [0.25, 0.3) is 0 Å². The summed E-state index contributed by atoms with van der Waals surface area (Å²) in [6, 6.07) is 10.3. The number of hydrogen-bond donors (Lipinski definition) is 4. The molecule has 11 nitrogen and oxygen atoms in total. The van der Waals surface area contributed by atoms with Crippen molar-refractivity contribution >= 4 is 74.5 Å². The standard InChI is InChI=1S/C29H38ClN7O4S2/c1-5-36-11-13-37(14-12-36)24-17-25(41-4)23(16-22(24)32-27(38)10-15-42)34-29-31-18-20(30)28(35-29)33-21-8-6-7-9-26(21)43(39,40)19(2)3/h6-9,16-19,42H,5,10-15H2,1-4H3,(H,32,38)(H2,31,33,34,35). The zero-order valence-electron chi connectivity index (χ0n) is 24.7. The molecule has 0 radical (unpaired) electrons. The molecule has 43 heavy (non-hydrogen) atoms. The molecule has 0 atom stereocenters. The summed E-state index contributed by atoms with van der Waals surface area (Å²) in [7, 11) is -2.00. The summed E-state index contributed by atoms with van der Waals surface area (Å²) in [6.07, 6.45) is 1.69. The van der Waals surface area contributed by atoms with E-state index in [4.69, 9.17) is 16.3 Å². The maximum absolute atomic E-state index is 13.0. The smallest absolute Gasteiger partial charge is 0.229 e. The summed E-state index contributed by atoms with van der Waals surface area (Å²) in [4.78, 5) is 26.2. The summed E-state index contributed by atoms with van der Waals surface area (Å²) in [5.41, 5.74) is 2.35. The van der Waals surface area contributed by atoms with Gasteiger partial charge in [0.15, 0.2) is 15.7 Å². The number of halogens is 1. The number of thiol groups is 1. The number of nitrogens with one attached hydrogen (secondary N) is 3. The first kappa shape index (κ1) is 32.6. The van der Waals surface area contributed by atoms with Crippen LogP contribution in [-0.2, 0) is 14.6 Å². The van der Waals surface area contributed by atoms with Crippen molar-refractivity contribution in [1.82, 2.24) is 14.9 Å². The second kappa shape index (κ2) is 14.5. The number of carbonyl (C=O) groups excluding carboxylic acids is 1. The molecule has 1 saturated heterocycles. The van der Waals surface area contributed by atoms with Gasteiger partial charge in [0.2, 0.25) is 11.9 Å². The highest BCUT2D eigenvalue weighted by Crippen LogP contribution is 2.39. The summed E-state index contributed by atoms with van der Waals surface area (Å²) < 4.78 is 31.6. The van der Waals surface area contributed by atoms with Crippen LogP contribution in [0.15, 0.2) is 47.5 Å². The molecule has 0 bridgehead atoms. The molecule has 4 rings (SSSR count). The number of aromatic nitrogens is 2. The number of amides is 1. The molecular weight excluding hydrogens is 610 g/mol. The number of para-hydroxylation sites is 1. The largest absolute Gasteiger partial charge is 0.494 e. The van der Waals surface area contributed by atoms with Gasteiger partial charge in [-0.3, -0.25) is 4.79 Å². The van der Waals surface area contributed by atoms with Crippen LogP contribution in [0.4, 0.5) is 34.5 Å². The SMILES string of the molecule is CCN1CCN(c2cc(OC)c(Nc3ncc(Cl)c(Nc4ccccc4S(=O)(=O)C(C)C)n3)cc2NC(=O)CCS)CC1. The van der Waals surface area contributed by atoms with Gasteiger partial charge in [-0.15, -0.1) is 0 Å². The third kappa shape index (κ3) is 7.83. The highest BCUT2D eigenvalue weighted by Gasteiger charge is 2.24. The van der Waals surface area contributed by atoms with Crippen LogP contribution in [0.2, 0.25) is 5.02 Å². The minimum atomic E-state index is -3.57. The fourth-order valence-electron chi connectivity index (χ4n) is 4.65. The molecule has 14 heteroatoms. The number of methoxy groups -OCH3 is 1. The van der Waals surface area contributed by atoms with E-state index in [1.165, 1.54) is 6.20 Å². The van der Waals surface area contributed by atoms with Gasteiger partial charge in [-0.2, -0.15) is 17.6 Å². The van der Waals surface area contributed by atoms with E-state index in [9.17, 15) is 13.2 Å². The van der Waals surface area contributed by atoms with Gasteiger partial charge in [-0.05, 0) is 44.3 Å². The molecule has 3 N–H and O–H groups in total. The number of nitrogens with zero attached hydrogens (tertiary/aromatic N) is 4. The average molecular weight is 648 g/mol. The Labute approximate surface area is 263 Å². The Morgan fingerprint density at radius 3 is 2.47 bits per heavy atom. The molecule has 232 valence electrons. The number of carbonyl (C=O) groups is 1. The minimum absolute atomic E-state index is 0.146. The minimum Gasteiger partial charge on any atom is -0.494 e. The molecule has 1 aromatic heterocycles. The molecule has 0 saturated carbocycles. The van der Waals surface area contributed by atoms with Crippen LogP contribution in [0.25, 0.3) is 0 Å². The fourth-order valence-corrected chi connectivity index (χ4v) is 6.19. The lowest BCUT2D eigenvalue weighted by Gasteiger charge is -2.36. The van der Waals surface area contributed by atoms with Crippen molar-refractivity contribution in [3.8, 4) is 5.75 Å². The molecule has 0 aliphatic carbocycles. The van der Waals surface area contributed by atoms with Crippen LogP contribution in [0.1, 0.15) is 27.2 Å². The monoisotopic (exact) mass is 647 g/mol. The molecule has 1 amide bonds. The van der Waals surface area contributed by atoms with E-state index in [1.54, 1.807) is 51.3 Å². The van der Waals surface area contributed by atoms with Crippen molar-refractivity contribution in [2.24, 2.45) is 0 Å². The van der Waals surface area contributed by atoms with Crippen LogP contribution in [-0.4, -0.2) is 80.0 Å². The maximum atomic E-state index is 13.0. The quantitative estimate of drug-likeness (QED) is 0.195. The molecule has 3 aromatic rings. The lowest BCUT2D eigenvalue weighted by Crippen LogP contribution is -2.46. The first-order valence-electron chi connectivity index (χ1n) is 14.1. The second-order valence-electron chi connectivity index (χ2n) is 10.2. The first-order valence-corrected chi connectivity index (χ1v) is 16.6. The predicted octanol–water partition coefficient (Wildman–Crippen LogP) is 5.21. The van der Waals surface area contributed by atoms with Crippen LogP contribution in [0, 0.1) is 0 Å². The van der Waals surface area contributed by atoms with Crippen LogP contribution in [0.5, 0.6) is 5.75 Å². The van der Waals surface area contributed by atoms with E-state index >= 15 is 0 Å². The number of ether oxygens (including phenoxy) is 1. The predicted molar refractivity (Wildman–Crippen MR) is 177 cm³/mol. The molecule has 1 aliphatic rings. The Morgan fingerprint density at radius 2 is 1.81 bits per heavy atom.